The Balaban J connectivity index is 1.92. The lowest BCUT2D eigenvalue weighted by Crippen LogP contribution is -2.00. The summed E-state index contributed by atoms with van der Waals surface area (Å²) in [6.07, 6.45) is 1.67. The van der Waals surface area contributed by atoms with Crippen molar-refractivity contribution in [2.24, 2.45) is 0 Å². The number of hydrogen-bond acceptors (Lipinski definition) is 3. The molecule has 0 amide bonds. The van der Waals surface area contributed by atoms with Crippen LogP contribution in [0.1, 0.15) is 5.56 Å². The Bertz CT molecular complexity index is 807. The van der Waals surface area contributed by atoms with Crippen molar-refractivity contribution in [3.63, 3.8) is 0 Å². The number of rotatable bonds is 3. The molecule has 106 valence electrons. The number of nitrogen functional groups attached to an aromatic ring is 1. The molecule has 0 atom stereocenters. The smallest absolute Gasteiger partial charge is 0.148 e. The minimum Gasteiger partial charge on any atom is -0.488 e. The first kappa shape index (κ1) is 13.6. The zero-order valence-corrected chi connectivity index (χ0v) is 11.8. The molecule has 0 unspecified atom stereocenters. The number of aromatic nitrogens is 1. The van der Waals surface area contributed by atoms with E-state index in [1.54, 1.807) is 36.5 Å². The highest BCUT2D eigenvalue weighted by Gasteiger charge is 2.09. The second kappa shape index (κ2) is 5.58. The third kappa shape index (κ3) is 2.62. The molecule has 3 nitrogen and oxygen atoms in total. The molecule has 0 radical (unpaired) electrons. The van der Waals surface area contributed by atoms with E-state index in [-0.39, 0.29) is 11.6 Å². The molecule has 0 aliphatic heterocycles. The summed E-state index contributed by atoms with van der Waals surface area (Å²) < 4.78 is 19.5. The van der Waals surface area contributed by atoms with Crippen LogP contribution in [0.4, 0.5) is 10.1 Å². The topological polar surface area (TPSA) is 48.1 Å². The maximum absolute atomic E-state index is 13.8. The van der Waals surface area contributed by atoms with Gasteiger partial charge in [0, 0.05) is 17.1 Å². The van der Waals surface area contributed by atoms with E-state index in [1.807, 2.05) is 6.07 Å². The summed E-state index contributed by atoms with van der Waals surface area (Å²) in [7, 11) is 0. The molecule has 21 heavy (non-hydrogen) atoms. The average molecular weight is 303 g/mol. The Labute approximate surface area is 126 Å². The van der Waals surface area contributed by atoms with Crippen LogP contribution in [0.25, 0.3) is 10.9 Å². The van der Waals surface area contributed by atoms with Gasteiger partial charge in [0.15, 0.2) is 0 Å². The molecule has 1 aromatic heterocycles. The van der Waals surface area contributed by atoms with Crippen LogP contribution in [-0.2, 0) is 6.61 Å². The van der Waals surface area contributed by atoms with Crippen molar-refractivity contribution in [2.45, 2.75) is 6.61 Å². The maximum Gasteiger partial charge on any atom is 0.148 e. The van der Waals surface area contributed by atoms with E-state index in [9.17, 15) is 4.39 Å². The summed E-state index contributed by atoms with van der Waals surface area (Å²) in [6.45, 7) is 0.0836. The zero-order valence-electron chi connectivity index (χ0n) is 11.0. The molecule has 2 N–H and O–H groups in total. The van der Waals surface area contributed by atoms with Gasteiger partial charge in [0.2, 0.25) is 0 Å². The van der Waals surface area contributed by atoms with E-state index in [2.05, 4.69) is 4.98 Å². The first-order chi connectivity index (χ1) is 10.2. The van der Waals surface area contributed by atoms with Gasteiger partial charge in [-0.15, -0.1) is 0 Å². The van der Waals surface area contributed by atoms with E-state index in [1.165, 1.54) is 6.07 Å². The van der Waals surface area contributed by atoms with E-state index in [0.717, 1.165) is 5.39 Å². The fourth-order valence-electron chi connectivity index (χ4n) is 2.11. The van der Waals surface area contributed by atoms with Gasteiger partial charge in [-0.05, 0) is 30.3 Å². The first-order valence-corrected chi connectivity index (χ1v) is 6.73. The Hall–Kier alpha value is -2.33. The van der Waals surface area contributed by atoms with Crippen molar-refractivity contribution in [1.82, 2.24) is 4.98 Å². The largest absolute Gasteiger partial charge is 0.488 e. The predicted octanol–water partition coefficient (Wildman–Crippen LogP) is 4.19. The number of ether oxygens (including phenoxy) is 1. The van der Waals surface area contributed by atoms with Crippen molar-refractivity contribution in [3.05, 3.63) is 65.1 Å². The van der Waals surface area contributed by atoms with Crippen LogP contribution >= 0.6 is 11.6 Å². The molecule has 0 saturated heterocycles. The number of pyridine rings is 1. The van der Waals surface area contributed by atoms with E-state index < -0.39 is 5.82 Å². The van der Waals surface area contributed by atoms with Crippen LogP contribution in [0.15, 0.2) is 48.7 Å². The lowest BCUT2D eigenvalue weighted by atomic mass is 10.1. The molecule has 1 heterocycles. The molecule has 2 aromatic carbocycles. The maximum atomic E-state index is 13.8. The Morgan fingerprint density at radius 3 is 2.86 bits per heavy atom. The molecule has 0 aliphatic rings. The molecule has 0 saturated carbocycles. The van der Waals surface area contributed by atoms with Crippen molar-refractivity contribution in [2.75, 3.05) is 5.73 Å². The molecule has 0 fully saturated rings. The monoisotopic (exact) mass is 302 g/mol. The highest BCUT2D eigenvalue weighted by atomic mass is 35.5. The minimum absolute atomic E-state index is 0.0833. The van der Waals surface area contributed by atoms with Gasteiger partial charge in [0.05, 0.1) is 16.2 Å². The Kier molecular flexibility index (Phi) is 3.62. The van der Waals surface area contributed by atoms with Crippen LogP contribution < -0.4 is 10.5 Å². The number of nitrogens with two attached hydrogens (primary N) is 1. The van der Waals surface area contributed by atoms with Crippen molar-refractivity contribution in [3.8, 4) is 5.75 Å². The third-order valence-electron chi connectivity index (χ3n) is 3.18. The quantitative estimate of drug-likeness (QED) is 0.738. The lowest BCUT2D eigenvalue weighted by Gasteiger charge is -2.11. The molecule has 0 spiro atoms. The van der Waals surface area contributed by atoms with Crippen LogP contribution in [0.2, 0.25) is 5.02 Å². The van der Waals surface area contributed by atoms with E-state index in [4.69, 9.17) is 22.1 Å². The average Bonchev–Trinajstić information content (AvgIpc) is 2.51. The summed E-state index contributed by atoms with van der Waals surface area (Å²) in [5.41, 5.74) is 7.52. The number of nitrogens with zero attached hydrogens (tertiary/aromatic N) is 1. The summed E-state index contributed by atoms with van der Waals surface area (Å²) in [5, 5.41) is 0.875. The van der Waals surface area contributed by atoms with Gasteiger partial charge in [0.25, 0.3) is 0 Å². The zero-order chi connectivity index (χ0) is 14.8. The molecule has 3 aromatic rings. The normalized spacial score (nSPS) is 10.8. The summed E-state index contributed by atoms with van der Waals surface area (Å²) in [6, 6.07) is 12.0. The van der Waals surface area contributed by atoms with Crippen LogP contribution in [0.5, 0.6) is 5.75 Å². The number of benzene rings is 2. The Morgan fingerprint density at radius 2 is 2.00 bits per heavy atom. The second-order valence-corrected chi connectivity index (χ2v) is 4.96. The van der Waals surface area contributed by atoms with Crippen LogP contribution in [-0.4, -0.2) is 4.98 Å². The van der Waals surface area contributed by atoms with Gasteiger partial charge in [-0.1, -0.05) is 23.7 Å². The van der Waals surface area contributed by atoms with Gasteiger partial charge >= 0.3 is 0 Å². The third-order valence-corrected chi connectivity index (χ3v) is 3.47. The lowest BCUT2D eigenvalue weighted by molar-refractivity contribution is 0.303. The molecular weight excluding hydrogens is 291 g/mol. The molecule has 0 bridgehead atoms. The van der Waals surface area contributed by atoms with Gasteiger partial charge < -0.3 is 10.5 Å². The number of hydrogen-bond donors (Lipinski definition) is 1. The standard InChI is InChI=1S/C16H12ClFN2O/c17-12-5-1-3-10(15(12)18)9-21-14-7-6-13(19)16-11(14)4-2-8-20-16/h1-8H,9,19H2. The summed E-state index contributed by atoms with van der Waals surface area (Å²) in [4.78, 5) is 4.23. The number of anilines is 1. The highest BCUT2D eigenvalue weighted by molar-refractivity contribution is 6.30. The Morgan fingerprint density at radius 1 is 1.14 bits per heavy atom. The molecule has 5 heteroatoms. The van der Waals surface area contributed by atoms with Gasteiger partial charge in [-0.2, -0.15) is 0 Å². The number of halogens is 2. The van der Waals surface area contributed by atoms with E-state index in [0.29, 0.717) is 22.5 Å². The second-order valence-electron chi connectivity index (χ2n) is 4.55. The van der Waals surface area contributed by atoms with Crippen LogP contribution in [0.3, 0.4) is 0 Å². The first-order valence-electron chi connectivity index (χ1n) is 6.35. The van der Waals surface area contributed by atoms with E-state index >= 15 is 0 Å². The predicted molar refractivity (Wildman–Crippen MR) is 81.9 cm³/mol. The van der Waals surface area contributed by atoms with Crippen molar-refractivity contribution < 1.29 is 9.13 Å². The van der Waals surface area contributed by atoms with Gasteiger partial charge in [0.1, 0.15) is 18.2 Å². The number of fused-ring (bicyclic) bond motifs is 1. The summed E-state index contributed by atoms with van der Waals surface area (Å²) in [5.74, 6) is 0.142. The van der Waals surface area contributed by atoms with Gasteiger partial charge in [-0.3, -0.25) is 4.98 Å². The summed E-state index contributed by atoms with van der Waals surface area (Å²) >= 11 is 5.75. The molecular formula is C16H12ClFN2O. The molecule has 3 rings (SSSR count). The SMILES string of the molecule is Nc1ccc(OCc2cccc(Cl)c2F)c2cccnc12. The molecule has 0 aliphatic carbocycles. The van der Waals surface area contributed by atoms with Gasteiger partial charge in [-0.25, -0.2) is 4.39 Å². The van der Waals surface area contributed by atoms with Crippen molar-refractivity contribution >= 4 is 28.2 Å². The minimum atomic E-state index is -0.461. The fraction of sp³-hybridized carbons (Fsp3) is 0.0625. The highest BCUT2D eigenvalue weighted by Crippen LogP contribution is 2.29. The van der Waals surface area contributed by atoms with Crippen molar-refractivity contribution in [1.29, 1.82) is 0 Å². The fourth-order valence-corrected chi connectivity index (χ4v) is 2.30. The van der Waals surface area contributed by atoms with Crippen LogP contribution in [0, 0.1) is 5.82 Å².